The minimum atomic E-state index is -0.609. The number of benzene rings is 1. The van der Waals surface area contributed by atoms with E-state index in [1.165, 1.54) is 4.90 Å². The summed E-state index contributed by atoms with van der Waals surface area (Å²) in [5.41, 5.74) is 5.56. The van der Waals surface area contributed by atoms with E-state index in [0.717, 1.165) is 18.6 Å². The van der Waals surface area contributed by atoms with E-state index in [1.54, 1.807) is 7.05 Å². The lowest BCUT2D eigenvalue weighted by atomic mass is 10.1. The van der Waals surface area contributed by atoms with E-state index < -0.39 is 4.92 Å². The van der Waals surface area contributed by atoms with Crippen LogP contribution in [-0.2, 0) is 0 Å². The maximum atomic E-state index is 12.0. The highest BCUT2D eigenvalue weighted by Gasteiger charge is 2.20. The van der Waals surface area contributed by atoms with Crippen molar-refractivity contribution >= 4 is 28.9 Å². The number of nitro benzene ring substituents is 1. The number of nitrogens with two attached hydrogens (primary N) is 1. The third-order valence-corrected chi connectivity index (χ3v) is 2.77. The van der Waals surface area contributed by atoms with Gasteiger partial charge in [0.1, 0.15) is 0 Å². The van der Waals surface area contributed by atoms with E-state index >= 15 is 0 Å². The Morgan fingerprint density at radius 2 is 2.17 bits per heavy atom. The van der Waals surface area contributed by atoms with E-state index in [4.69, 9.17) is 17.3 Å². The first-order valence-electron chi connectivity index (χ1n) is 5.37. The summed E-state index contributed by atoms with van der Waals surface area (Å²) in [6, 6.07) is 2.28. The highest BCUT2D eigenvalue weighted by molar-refractivity contribution is 6.34. The molecule has 0 fully saturated rings. The van der Waals surface area contributed by atoms with Gasteiger partial charge in [-0.15, -0.1) is 0 Å². The van der Waals surface area contributed by atoms with Gasteiger partial charge in [0.15, 0.2) is 0 Å². The summed E-state index contributed by atoms with van der Waals surface area (Å²) in [4.78, 5) is 23.6. The second-order valence-electron chi connectivity index (χ2n) is 3.87. The summed E-state index contributed by atoms with van der Waals surface area (Å²) in [5.74, 6) is -0.375. The van der Waals surface area contributed by atoms with Crippen LogP contribution in [0.3, 0.4) is 0 Å². The molecule has 1 aromatic carbocycles. The van der Waals surface area contributed by atoms with Gasteiger partial charge in [0, 0.05) is 25.7 Å². The number of rotatable bonds is 4. The molecule has 0 spiro atoms. The Balaban J connectivity index is 3.22. The smallest absolute Gasteiger partial charge is 0.271 e. The van der Waals surface area contributed by atoms with Gasteiger partial charge in [0.2, 0.25) is 0 Å². The molecule has 0 aromatic heterocycles. The van der Waals surface area contributed by atoms with Crippen molar-refractivity contribution in [1.29, 1.82) is 0 Å². The zero-order valence-electron chi connectivity index (χ0n) is 10.1. The normalized spacial score (nSPS) is 10.2. The summed E-state index contributed by atoms with van der Waals surface area (Å²) < 4.78 is 0. The third-order valence-electron chi connectivity index (χ3n) is 2.46. The first kappa shape index (κ1) is 14.2. The molecule has 7 heteroatoms. The molecule has 1 amide bonds. The minimum Gasteiger partial charge on any atom is -0.397 e. The lowest BCUT2D eigenvalue weighted by Crippen LogP contribution is -2.28. The summed E-state index contributed by atoms with van der Waals surface area (Å²) >= 11 is 5.79. The number of hydrogen-bond acceptors (Lipinski definition) is 4. The fourth-order valence-corrected chi connectivity index (χ4v) is 1.74. The zero-order valence-corrected chi connectivity index (χ0v) is 10.9. The molecule has 1 aromatic rings. The Morgan fingerprint density at radius 1 is 1.56 bits per heavy atom. The molecule has 0 heterocycles. The van der Waals surface area contributed by atoms with Crippen molar-refractivity contribution in [2.45, 2.75) is 13.3 Å². The fourth-order valence-electron chi connectivity index (χ4n) is 1.53. The van der Waals surface area contributed by atoms with Crippen molar-refractivity contribution in [2.75, 3.05) is 19.3 Å². The summed E-state index contributed by atoms with van der Waals surface area (Å²) in [6.07, 6.45) is 0.783. The van der Waals surface area contributed by atoms with Crippen molar-refractivity contribution in [3.8, 4) is 0 Å². The molecule has 0 unspecified atom stereocenters. The molecule has 0 bridgehead atoms. The van der Waals surface area contributed by atoms with Crippen LogP contribution in [0.15, 0.2) is 12.1 Å². The molecule has 0 aliphatic heterocycles. The Morgan fingerprint density at radius 3 is 2.67 bits per heavy atom. The van der Waals surface area contributed by atoms with Crippen molar-refractivity contribution in [2.24, 2.45) is 0 Å². The number of anilines is 1. The summed E-state index contributed by atoms with van der Waals surface area (Å²) in [7, 11) is 1.61. The average Bonchev–Trinajstić information content (AvgIpc) is 2.31. The van der Waals surface area contributed by atoms with Gasteiger partial charge in [-0.1, -0.05) is 18.5 Å². The van der Waals surface area contributed by atoms with Gasteiger partial charge in [-0.3, -0.25) is 14.9 Å². The molecule has 2 N–H and O–H groups in total. The van der Waals surface area contributed by atoms with Gasteiger partial charge in [0.05, 0.1) is 21.2 Å². The number of nitro groups is 1. The monoisotopic (exact) mass is 271 g/mol. The van der Waals surface area contributed by atoms with Gasteiger partial charge < -0.3 is 10.6 Å². The first-order chi connectivity index (χ1) is 8.38. The summed E-state index contributed by atoms with van der Waals surface area (Å²) in [6.45, 7) is 2.46. The topological polar surface area (TPSA) is 89.5 Å². The van der Waals surface area contributed by atoms with Crippen LogP contribution >= 0.6 is 11.6 Å². The number of carbonyl (C=O) groups is 1. The number of nitrogens with zero attached hydrogens (tertiary/aromatic N) is 2. The van der Waals surface area contributed by atoms with Gasteiger partial charge in [-0.25, -0.2) is 0 Å². The van der Waals surface area contributed by atoms with Crippen molar-refractivity contribution in [3.63, 3.8) is 0 Å². The lowest BCUT2D eigenvalue weighted by molar-refractivity contribution is -0.384. The fraction of sp³-hybridized carbons (Fsp3) is 0.364. The predicted octanol–water partition coefficient (Wildman–Crippen LogP) is 2.31. The predicted molar refractivity (Wildman–Crippen MR) is 69.8 cm³/mol. The van der Waals surface area contributed by atoms with E-state index in [9.17, 15) is 14.9 Å². The van der Waals surface area contributed by atoms with Crippen LogP contribution in [0.5, 0.6) is 0 Å². The second kappa shape index (κ2) is 5.68. The van der Waals surface area contributed by atoms with Crippen LogP contribution < -0.4 is 5.73 Å². The molecular formula is C11H14ClN3O3. The van der Waals surface area contributed by atoms with E-state index in [0.29, 0.717) is 6.54 Å². The maximum Gasteiger partial charge on any atom is 0.271 e. The molecule has 18 heavy (non-hydrogen) atoms. The van der Waals surface area contributed by atoms with Crippen LogP contribution in [0.2, 0.25) is 5.02 Å². The quantitative estimate of drug-likeness (QED) is 0.517. The van der Waals surface area contributed by atoms with E-state index in [1.807, 2.05) is 6.92 Å². The van der Waals surface area contributed by atoms with Gasteiger partial charge >= 0.3 is 0 Å². The lowest BCUT2D eigenvalue weighted by Gasteiger charge is -2.17. The number of amides is 1. The van der Waals surface area contributed by atoms with Crippen LogP contribution in [-0.4, -0.2) is 29.3 Å². The molecule has 0 aliphatic rings. The average molecular weight is 272 g/mol. The number of hydrogen-bond donors (Lipinski definition) is 1. The Hall–Kier alpha value is -1.82. The Bertz CT molecular complexity index is 491. The highest BCUT2D eigenvalue weighted by Crippen LogP contribution is 2.29. The molecule has 6 nitrogen and oxygen atoms in total. The first-order valence-corrected chi connectivity index (χ1v) is 5.75. The zero-order chi connectivity index (χ0) is 13.9. The molecular weight excluding hydrogens is 258 g/mol. The molecule has 1 rings (SSSR count). The van der Waals surface area contributed by atoms with Crippen LogP contribution in [0.4, 0.5) is 11.4 Å². The number of carbonyl (C=O) groups excluding carboxylic acids is 1. The van der Waals surface area contributed by atoms with Gasteiger partial charge in [-0.05, 0) is 6.42 Å². The molecule has 98 valence electrons. The SMILES string of the molecule is CCCN(C)C(=O)c1cc([N+](=O)[O-])cc(Cl)c1N. The molecule has 0 aliphatic carbocycles. The third kappa shape index (κ3) is 2.89. The standard InChI is InChI=1S/C11H14ClN3O3/c1-3-4-14(2)11(16)8-5-7(15(17)18)6-9(12)10(8)13/h5-6H,3-4,13H2,1-2H3. The molecule has 0 saturated carbocycles. The molecule has 0 radical (unpaired) electrons. The Kier molecular flexibility index (Phi) is 4.49. The molecule has 0 saturated heterocycles. The number of nitrogen functional groups attached to an aromatic ring is 1. The van der Waals surface area contributed by atoms with Crippen LogP contribution in [0.1, 0.15) is 23.7 Å². The van der Waals surface area contributed by atoms with Crippen LogP contribution in [0.25, 0.3) is 0 Å². The largest absolute Gasteiger partial charge is 0.397 e. The second-order valence-corrected chi connectivity index (χ2v) is 4.28. The van der Waals surface area contributed by atoms with Crippen molar-refractivity contribution < 1.29 is 9.72 Å². The number of non-ortho nitro benzene ring substituents is 1. The molecule has 0 atom stereocenters. The van der Waals surface area contributed by atoms with Crippen LogP contribution in [0, 0.1) is 10.1 Å². The Labute approximate surface area is 109 Å². The number of halogens is 1. The highest BCUT2D eigenvalue weighted by atomic mass is 35.5. The summed E-state index contributed by atoms with van der Waals surface area (Å²) in [5, 5.41) is 10.7. The van der Waals surface area contributed by atoms with Crippen molar-refractivity contribution in [1.82, 2.24) is 4.90 Å². The van der Waals surface area contributed by atoms with E-state index in [2.05, 4.69) is 0 Å². The van der Waals surface area contributed by atoms with E-state index in [-0.39, 0.29) is 27.9 Å². The minimum absolute atomic E-state index is 0.0115. The van der Waals surface area contributed by atoms with Crippen molar-refractivity contribution in [3.05, 3.63) is 32.8 Å². The van der Waals surface area contributed by atoms with Gasteiger partial charge in [0.25, 0.3) is 11.6 Å². The van der Waals surface area contributed by atoms with Gasteiger partial charge in [-0.2, -0.15) is 0 Å². The maximum absolute atomic E-state index is 12.0.